The van der Waals surface area contributed by atoms with Gasteiger partial charge >= 0.3 is 5.97 Å². The van der Waals surface area contributed by atoms with E-state index in [0.29, 0.717) is 6.61 Å². The van der Waals surface area contributed by atoms with E-state index in [9.17, 15) is 4.79 Å². The Hall–Kier alpha value is -0.570. The van der Waals surface area contributed by atoms with E-state index in [1.165, 1.54) is 77.6 Å². The van der Waals surface area contributed by atoms with Crippen molar-refractivity contribution in [2.75, 3.05) is 13.2 Å². The van der Waals surface area contributed by atoms with Crippen LogP contribution < -0.4 is 0 Å². The van der Waals surface area contributed by atoms with Gasteiger partial charge in [0.1, 0.15) is 6.61 Å². The molecule has 0 unspecified atom stereocenters. The van der Waals surface area contributed by atoms with Crippen LogP contribution in [0, 0.1) is 0 Å². The summed E-state index contributed by atoms with van der Waals surface area (Å²) in [6.45, 7) is 6.79. The quantitative estimate of drug-likeness (QED) is 0.272. The summed E-state index contributed by atoms with van der Waals surface area (Å²) in [6, 6.07) is 0. The van der Waals surface area contributed by atoms with Crippen LogP contribution in [0.2, 0.25) is 0 Å². The summed E-state index contributed by atoms with van der Waals surface area (Å²) in [4.78, 5) is 10.7. The van der Waals surface area contributed by atoms with Crippen molar-refractivity contribution in [3.63, 3.8) is 0 Å². The minimum Gasteiger partial charge on any atom is -0.463 e. The summed E-state index contributed by atoms with van der Waals surface area (Å²) >= 11 is 0. The second kappa shape index (κ2) is 16.8. The highest BCUT2D eigenvalue weighted by Gasteiger charge is 2.03. The van der Waals surface area contributed by atoms with Gasteiger partial charge < -0.3 is 9.47 Å². The fraction of sp³-hybridized carbons (Fsp3) is 0.947. The molecule has 1 atom stereocenters. The predicted molar refractivity (Wildman–Crippen MR) is 93.1 cm³/mol. The van der Waals surface area contributed by atoms with Crippen LogP contribution in [0.3, 0.4) is 0 Å². The van der Waals surface area contributed by atoms with Crippen molar-refractivity contribution in [2.45, 2.75) is 104 Å². The molecule has 0 N–H and O–H groups in total. The van der Waals surface area contributed by atoms with E-state index in [1.54, 1.807) is 0 Å². The van der Waals surface area contributed by atoms with Crippen molar-refractivity contribution in [1.29, 1.82) is 0 Å². The molecular weight excluding hydrogens is 276 g/mol. The fourth-order valence-electron chi connectivity index (χ4n) is 2.51. The van der Waals surface area contributed by atoms with Gasteiger partial charge in [0.05, 0.1) is 6.10 Å². The number of hydrogen-bond acceptors (Lipinski definition) is 3. The minimum absolute atomic E-state index is 0.0107. The number of carbonyl (C=O) groups excluding carboxylic acids is 1. The number of unbranched alkanes of at least 4 members (excludes halogenated alkanes) is 11. The molecule has 0 aliphatic carbocycles. The molecule has 0 heterocycles. The summed E-state index contributed by atoms with van der Waals surface area (Å²) in [5.41, 5.74) is 0. The summed E-state index contributed by atoms with van der Waals surface area (Å²) in [5.74, 6) is -0.235. The van der Waals surface area contributed by atoms with E-state index in [2.05, 4.69) is 6.92 Å². The molecule has 0 aliphatic heterocycles. The van der Waals surface area contributed by atoms with Crippen LogP contribution in [0.5, 0.6) is 0 Å². The second-order valence-electron chi connectivity index (χ2n) is 6.37. The highest BCUT2D eigenvalue weighted by Crippen LogP contribution is 2.12. The molecule has 0 aromatic heterocycles. The zero-order valence-corrected chi connectivity index (χ0v) is 15.2. The molecule has 0 aliphatic rings. The minimum atomic E-state index is -0.235. The molecule has 22 heavy (non-hydrogen) atoms. The van der Waals surface area contributed by atoms with Gasteiger partial charge in [-0.1, -0.05) is 77.6 Å². The van der Waals surface area contributed by atoms with Crippen LogP contribution in [0.25, 0.3) is 0 Å². The van der Waals surface area contributed by atoms with Crippen LogP contribution in [0.1, 0.15) is 97.8 Å². The van der Waals surface area contributed by atoms with Gasteiger partial charge in [0, 0.05) is 13.5 Å². The first kappa shape index (κ1) is 21.4. The van der Waals surface area contributed by atoms with E-state index in [4.69, 9.17) is 9.47 Å². The molecule has 0 fully saturated rings. The molecule has 0 saturated heterocycles. The lowest BCUT2D eigenvalue weighted by atomic mass is 10.1. The third-order valence-electron chi connectivity index (χ3n) is 3.92. The highest BCUT2D eigenvalue weighted by molar-refractivity contribution is 5.65. The van der Waals surface area contributed by atoms with Crippen LogP contribution in [-0.2, 0) is 14.3 Å². The number of hydrogen-bond donors (Lipinski definition) is 0. The van der Waals surface area contributed by atoms with Crippen LogP contribution >= 0.6 is 0 Å². The Morgan fingerprint density at radius 1 is 0.818 bits per heavy atom. The van der Waals surface area contributed by atoms with Gasteiger partial charge in [-0.3, -0.25) is 4.79 Å². The van der Waals surface area contributed by atoms with E-state index >= 15 is 0 Å². The lowest BCUT2D eigenvalue weighted by Crippen LogP contribution is -2.18. The van der Waals surface area contributed by atoms with Crippen molar-refractivity contribution < 1.29 is 14.3 Å². The predicted octanol–water partition coefficient (Wildman–Crippen LogP) is 5.66. The molecule has 0 amide bonds. The van der Waals surface area contributed by atoms with Gasteiger partial charge in [0.2, 0.25) is 0 Å². The molecule has 0 aromatic rings. The van der Waals surface area contributed by atoms with Gasteiger partial charge in [-0.05, 0) is 13.3 Å². The summed E-state index contributed by atoms with van der Waals surface area (Å²) < 4.78 is 10.5. The molecule has 132 valence electrons. The van der Waals surface area contributed by atoms with Gasteiger partial charge in [-0.15, -0.1) is 0 Å². The summed E-state index contributed by atoms with van der Waals surface area (Å²) in [6.07, 6.45) is 16.3. The maximum Gasteiger partial charge on any atom is 0.302 e. The first-order chi connectivity index (χ1) is 10.7. The number of ether oxygens (including phenoxy) is 2. The van der Waals surface area contributed by atoms with Gasteiger partial charge in [-0.25, -0.2) is 0 Å². The summed E-state index contributed by atoms with van der Waals surface area (Å²) in [5, 5.41) is 0. The molecular formula is C19H38O3. The van der Waals surface area contributed by atoms with Crippen LogP contribution in [-0.4, -0.2) is 25.3 Å². The van der Waals surface area contributed by atoms with Crippen molar-refractivity contribution >= 4 is 5.97 Å². The maximum absolute atomic E-state index is 10.7. The van der Waals surface area contributed by atoms with Gasteiger partial charge in [0.15, 0.2) is 0 Å². The van der Waals surface area contributed by atoms with Crippen molar-refractivity contribution in [3.8, 4) is 0 Å². The Morgan fingerprint density at radius 2 is 1.27 bits per heavy atom. The lowest BCUT2D eigenvalue weighted by Gasteiger charge is -2.12. The van der Waals surface area contributed by atoms with Crippen molar-refractivity contribution in [3.05, 3.63) is 0 Å². The Labute approximate surface area is 138 Å². The lowest BCUT2D eigenvalue weighted by molar-refractivity contribution is -0.144. The smallest absolute Gasteiger partial charge is 0.302 e. The molecule has 0 rings (SSSR count). The second-order valence-corrected chi connectivity index (χ2v) is 6.37. The molecule has 0 aromatic carbocycles. The number of carbonyl (C=O) groups is 1. The van der Waals surface area contributed by atoms with E-state index in [-0.39, 0.29) is 12.1 Å². The molecule has 0 radical (unpaired) electrons. The Morgan fingerprint density at radius 3 is 1.73 bits per heavy atom. The van der Waals surface area contributed by atoms with Gasteiger partial charge in [-0.2, -0.15) is 0 Å². The van der Waals surface area contributed by atoms with Crippen LogP contribution in [0.15, 0.2) is 0 Å². The van der Waals surface area contributed by atoms with E-state index in [1.807, 2.05) is 6.92 Å². The van der Waals surface area contributed by atoms with Crippen LogP contribution in [0.4, 0.5) is 0 Å². The average Bonchev–Trinajstić information content (AvgIpc) is 2.49. The maximum atomic E-state index is 10.7. The third-order valence-corrected chi connectivity index (χ3v) is 3.92. The highest BCUT2D eigenvalue weighted by atomic mass is 16.6. The monoisotopic (exact) mass is 314 g/mol. The first-order valence-corrected chi connectivity index (χ1v) is 9.41. The van der Waals surface area contributed by atoms with Gasteiger partial charge in [0.25, 0.3) is 0 Å². The molecule has 0 bridgehead atoms. The molecule has 3 nitrogen and oxygen atoms in total. The number of rotatable bonds is 16. The molecule has 0 spiro atoms. The Kier molecular flexibility index (Phi) is 16.4. The SMILES string of the molecule is CCCCCCCCCCCCCCO[C@H](C)COC(C)=O. The number of esters is 1. The Bertz CT molecular complexity index is 241. The zero-order chi connectivity index (χ0) is 16.5. The third kappa shape index (κ3) is 17.5. The standard InChI is InChI=1S/C19H38O3/c1-4-5-6-7-8-9-10-11-12-13-14-15-16-21-18(2)17-22-19(3)20/h18H,4-17H2,1-3H3/t18-/m1/s1. The van der Waals surface area contributed by atoms with Crippen molar-refractivity contribution in [2.24, 2.45) is 0 Å². The normalized spacial score (nSPS) is 12.3. The summed E-state index contributed by atoms with van der Waals surface area (Å²) in [7, 11) is 0. The zero-order valence-electron chi connectivity index (χ0n) is 15.2. The average molecular weight is 315 g/mol. The first-order valence-electron chi connectivity index (χ1n) is 9.41. The molecule has 3 heteroatoms. The Balaban J connectivity index is 3.09. The molecule has 0 saturated carbocycles. The fourth-order valence-corrected chi connectivity index (χ4v) is 2.51. The van der Waals surface area contributed by atoms with Crippen molar-refractivity contribution in [1.82, 2.24) is 0 Å². The largest absolute Gasteiger partial charge is 0.463 e. The topological polar surface area (TPSA) is 35.5 Å². The van der Waals surface area contributed by atoms with E-state index < -0.39 is 0 Å². The van der Waals surface area contributed by atoms with E-state index in [0.717, 1.165) is 13.0 Å².